The highest BCUT2D eigenvalue weighted by atomic mass is 16.1. The fourth-order valence-corrected chi connectivity index (χ4v) is 4.66. The molecule has 1 N–H and O–H groups in total. The number of nitrogens with one attached hydrogen (secondary N) is 1. The number of carbonyl (C=O) groups is 1. The predicted octanol–water partition coefficient (Wildman–Crippen LogP) is 6.08. The van der Waals surface area contributed by atoms with Crippen molar-refractivity contribution in [2.75, 3.05) is 11.4 Å². The first-order valence-corrected chi connectivity index (χ1v) is 11.5. The van der Waals surface area contributed by atoms with Crippen LogP contribution >= 0.6 is 0 Å². The van der Waals surface area contributed by atoms with Crippen molar-refractivity contribution < 1.29 is 4.79 Å². The Morgan fingerprint density at radius 1 is 0.848 bits per heavy atom. The highest BCUT2D eigenvalue weighted by Crippen LogP contribution is 2.29. The first-order chi connectivity index (χ1) is 16.2. The van der Waals surface area contributed by atoms with Crippen LogP contribution in [0.3, 0.4) is 0 Å². The number of hydrogen-bond acceptors (Lipinski definition) is 2. The van der Waals surface area contributed by atoms with Gasteiger partial charge in [0.2, 0.25) is 0 Å². The lowest BCUT2D eigenvalue weighted by Gasteiger charge is -2.22. The van der Waals surface area contributed by atoms with E-state index in [1.54, 1.807) is 0 Å². The molecule has 1 unspecified atom stereocenters. The minimum atomic E-state index is -0.194. The minimum absolute atomic E-state index is 0.0647. The standard InChI is InChI=1S/C30H28N2O/c1-22-9-5-7-13-27(22)29(25-11-3-2-4-12-25)31-30(33)26-17-15-23(16-18-26)21-32-20-19-24-10-6-8-14-28(24)32/h2-18,29H,19-21H2,1H3,(H,31,33). The molecule has 1 aliphatic heterocycles. The lowest BCUT2D eigenvalue weighted by atomic mass is 9.94. The first kappa shape index (κ1) is 21.0. The summed E-state index contributed by atoms with van der Waals surface area (Å²) in [6.07, 6.45) is 1.09. The first-order valence-electron chi connectivity index (χ1n) is 11.5. The molecule has 0 fully saturated rings. The van der Waals surface area contributed by atoms with E-state index in [0.29, 0.717) is 5.56 Å². The summed E-state index contributed by atoms with van der Waals surface area (Å²) in [4.78, 5) is 15.6. The quantitative estimate of drug-likeness (QED) is 0.401. The largest absolute Gasteiger partial charge is 0.367 e. The molecule has 0 saturated carbocycles. The van der Waals surface area contributed by atoms with Gasteiger partial charge >= 0.3 is 0 Å². The maximum absolute atomic E-state index is 13.2. The van der Waals surface area contributed by atoms with Gasteiger partial charge in [0.05, 0.1) is 6.04 Å². The number of nitrogens with zero attached hydrogens (tertiary/aromatic N) is 1. The molecule has 0 aliphatic carbocycles. The summed E-state index contributed by atoms with van der Waals surface area (Å²) < 4.78 is 0. The van der Waals surface area contributed by atoms with Crippen LogP contribution < -0.4 is 10.2 Å². The van der Waals surface area contributed by atoms with Crippen LogP contribution in [-0.2, 0) is 13.0 Å². The van der Waals surface area contributed by atoms with E-state index in [1.165, 1.54) is 16.8 Å². The maximum Gasteiger partial charge on any atom is 0.252 e. The molecule has 0 saturated heterocycles. The van der Waals surface area contributed by atoms with Crippen LogP contribution in [0.25, 0.3) is 0 Å². The normalized spacial score (nSPS) is 13.4. The van der Waals surface area contributed by atoms with Crippen molar-refractivity contribution in [1.29, 1.82) is 0 Å². The van der Waals surface area contributed by atoms with Crippen LogP contribution in [0, 0.1) is 6.92 Å². The molecule has 1 amide bonds. The van der Waals surface area contributed by atoms with Gasteiger partial charge in [-0.2, -0.15) is 0 Å². The molecule has 164 valence electrons. The second-order valence-electron chi connectivity index (χ2n) is 8.67. The zero-order chi connectivity index (χ0) is 22.6. The van der Waals surface area contributed by atoms with Crippen molar-refractivity contribution in [3.05, 3.63) is 137 Å². The molecule has 0 spiro atoms. The van der Waals surface area contributed by atoms with E-state index in [0.717, 1.165) is 36.2 Å². The van der Waals surface area contributed by atoms with E-state index < -0.39 is 0 Å². The summed E-state index contributed by atoms with van der Waals surface area (Å²) in [5.74, 6) is -0.0647. The Morgan fingerprint density at radius 3 is 2.33 bits per heavy atom. The number of amides is 1. The van der Waals surface area contributed by atoms with E-state index in [2.05, 4.69) is 77.8 Å². The van der Waals surface area contributed by atoms with Gasteiger partial charge in [0.25, 0.3) is 5.91 Å². The number of carbonyl (C=O) groups excluding carboxylic acids is 1. The molecule has 4 aromatic carbocycles. The van der Waals surface area contributed by atoms with E-state index in [1.807, 2.05) is 42.5 Å². The highest BCUT2D eigenvalue weighted by Gasteiger charge is 2.20. The highest BCUT2D eigenvalue weighted by molar-refractivity contribution is 5.94. The van der Waals surface area contributed by atoms with Crippen molar-refractivity contribution in [1.82, 2.24) is 5.32 Å². The summed E-state index contributed by atoms with van der Waals surface area (Å²) in [5.41, 5.74) is 7.97. The zero-order valence-corrected chi connectivity index (χ0v) is 18.9. The van der Waals surface area contributed by atoms with Crippen LogP contribution in [-0.4, -0.2) is 12.5 Å². The smallest absolute Gasteiger partial charge is 0.252 e. The molecule has 4 aromatic rings. The molecule has 1 heterocycles. The van der Waals surface area contributed by atoms with Crippen LogP contribution in [0.4, 0.5) is 5.69 Å². The number of anilines is 1. The van der Waals surface area contributed by atoms with Gasteiger partial charge in [0, 0.05) is 24.3 Å². The van der Waals surface area contributed by atoms with E-state index >= 15 is 0 Å². The van der Waals surface area contributed by atoms with Gasteiger partial charge in [-0.05, 0) is 59.4 Å². The molecule has 3 heteroatoms. The van der Waals surface area contributed by atoms with E-state index in [4.69, 9.17) is 0 Å². The Balaban J connectivity index is 1.33. The average Bonchev–Trinajstić information content (AvgIpc) is 3.27. The summed E-state index contributed by atoms with van der Waals surface area (Å²) in [6.45, 7) is 3.98. The van der Waals surface area contributed by atoms with Gasteiger partial charge < -0.3 is 10.2 Å². The Labute approximate surface area is 195 Å². The van der Waals surface area contributed by atoms with Gasteiger partial charge in [-0.3, -0.25) is 4.79 Å². The van der Waals surface area contributed by atoms with Crippen LogP contribution in [0.1, 0.15) is 44.2 Å². The SMILES string of the molecule is Cc1ccccc1C(NC(=O)c1ccc(CN2CCc3ccccc32)cc1)c1ccccc1. The topological polar surface area (TPSA) is 32.3 Å². The summed E-state index contributed by atoms with van der Waals surface area (Å²) in [6, 6.07) is 34.8. The number of para-hydroxylation sites is 1. The molecule has 3 nitrogen and oxygen atoms in total. The van der Waals surface area contributed by atoms with Gasteiger partial charge in [0.1, 0.15) is 0 Å². The second kappa shape index (κ2) is 9.33. The third-order valence-corrected chi connectivity index (χ3v) is 6.48. The molecule has 1 atom stereocenters. The zero-order valence-electron chi connectivity index (χ0n) is 18.9. The predicted molar refractivity (Wildman–Crippen MR) is 135 cm³/mol. The summed E-state index contributed by atoms with van der Waals surface area (Å²) in [5, 5.41) is 3.26. The summed E-state index contributed by atoms with van der Waals surface area (Å²) in [7, 11) is 0. The van der Waals surface area contributed by atoms with E-state index in [-0.39, 0.29) is 11.9 Å². The van der Waals surface area contributed by atoms with Crippen LogP contribution in [0.5, 0.6) is 0 Å². The molecular formula is C30H28N2O. The average molecular weight is 433 g/mol. The van der Waals surface area contributed by atoms with Crippen molar-refractivity contribution in [2.45, 2.75) is 25.9 Å². The van der Waals surface area contributed by atoms with Crippen LogP contribution in [0.15, 0.2) is 103 Å². The lowest BCUT2D eigenvalue weighted by Crippen LogP contribution is -2.29. The third kappa shape index (κ3) is 4.54. The van der Waals surface area contributed by atoms with Gasteiger partial charge in [0.15, 0.2) is 0 Å². The molecule has 5 rings (SSSR count). The van der Waals surface area contributed by atoms with Gasteiger partial charge in [-0.15, -0.1) is 0 Å². The molecular weight excluding hydrogens is 404 g/mol. The lowest BCUT2D eigenvalue weighted by molar-refractivity contribution is 0.0943. The van der Waals surface area contributed by atoms with E-state index in [9.17, 15) is 4.79 Å². The fourth-order valence-electron chi connectivity index (χ4n) is 4.66. The molecule has 0 bridgehead atoms. The molecule has 0 aromatic heterocycles. The molecule has 1 aliphatic rings. The number of aryl methyl sites for hydroxylation is 1. The third-order valence-electron chi connectivity index (χ3n) is 6.48. The Kier molecular flexibility index (Phi) is 5.95. The van der Waals surface area contributed by atoms with Crippen molar-refractivity contribution >= 4 is 11.6 Å². The fraction of sp³-hybridized carbons (Fsp3) is 0.167. The van der Waals surface area contributed by atoms with Crippen LogP contribution in [0.2, 0.25) is 0 Å². The number of hydrogen-bond donors (Lipinski definition) is 1. The Bertz CT molecular complexity index is 1250. The maximum atomic E-state index is 13.2. The molecule has 0 radical (unpaired) electrons. The Morgan fingerprint density at radius 2 is 1.55 bits per heavy atom. The monoisotopic (exact) mass is 432 g/mol. The van der Waals surface area contributed by atoms with Gasteiger partial charge in [-0.25, -0.2) is 0 Å². The van der Waals surface area contributed by atoms with Crippen molar-refractivity contribution in [3.8, 4) is 0 Å². The second-order valence-corrected chi connectivity index (χ2v) is 8.67. The van der Waals surface area contributed by atoms with Crippen molar-refractivity contribution in [2.24, 2.45) is 0 Å². The Hall–Kier alpha value is -3.85. The number of benzene rings is 4. The van der Waals surface area contributed by atoms with Crippen molar-refractivity contribution in [3.63, 3.8) is 0 Å². The number of fused-ring (bicyclic) bond motifs is 1. The number of rotatable bonds is 6. The van der Waals surface area contributed by atoms with Gasteiger partial charge in [-0.1, -0.05) is 84.9 Å². The minimum Gasteiger partial charge on any atom is -0.367 e. The molecule has 33 heavy (non-hydrogen) atoms. The summed E-state index contributed by atoms with van der Waals surface area (Å²) >= 11 is 0.